The highest BCUT2D eigenvalue weighted by Gasteiger charge is 2.26. The number of benzene rings is 1. The third-order valence-electron chi connectivity index (χ3n) is 6.04. The van der Waals surface area contributed by atoms with Gasteiger partial charge in [-0.2, -0.15) is 0 Å². The zero-order valence-electron chi connectivity index (χ0n) is 18.3. The molecule has 0 bridgehead atoms. The Balaban J connectivity index is 1.13. The maximum absolute atomic E-state index is 12.9. The number of carbonyl (C=O) groups is 2. The normalized spacial score (nSPS) is 16.4. The lowest BCUT2D eigenvalue weighted by atomic mass is 10.2. The first-order valence-electron chi connectivity index (χ1n) is 11.2. The highest BCUT2D eigenvalue weighted by molar-refractivity contribution is 7.15. The van der Waals surface area contributed by atoms with Crippen LogP contribution in [0.15, 0.2) is 54.7 Å². The van der Waals surface area contributed by atoms with Gasteiger partial charge in [0.15, 0.2) is 5.13 Å². The molecule has 0 spiro atoms. The second-order valence-electron chi connectivity index (χ2n) is 8.22. The summed E-state index contributed by atoms with van der Waals surface area (Å²) in [6.45, 7) is 5.09. The number of aromatic nitrogens is 2. The summed E-state index contributed by atoms with van der Waals surface area (Å²) in [5.74, 6) is -0.0808. The molecule has 8 nitrogen and oxygen atoms in total. The molecule has 0 aliphatic carbocycles. The molecule has 3 aromatic rings. The van der Waals surface area contributed by atoms with Crippen molar-refractivity contribution in [2.24, 2.45) is 0 Å². The number of fused-ring (bicyclic) bond motifs is 1. The fourth-order valence-electron chi connectivity index (χ4n) is 4.24. The molecule has 2 aliphatic heterocycles. The van der Waals surface area contributed by atoms with E-state index in [1.54, 1.807) is 24.4 Å². The van der Waals surface area contributed by atoms with Crippen LogP contribution in [-0.4, -0.2) is 70.9 Å². The minimum Gasteiger partial charge on any atom is -0.368 e. The zero-order chi connectivity index (χ0) is 22.6. The quantitative estimate of drug-likeness (QED) is 0.628. The van der Waals surface area contributed by atoms with Crippen molar-refractivity contribution in [2.45, 2.75) is 13.0 Å². The summed E-state index contributed by atoms with van der Waals surface area (Å²) in [7, 11) is 0. The average Bonchev–Trinajstić information content (AvgIpc) is 3.26. The van der Waals surface area contributed by atoms with E-state index in [2.05, 4.69) is 37.2 Å². The number of nitrogens with zero attached hydrogens (tertiary/aromatic N) is 5. The fourth-order valence-corrected chi connectivity index (χ4v) is 5.28. The first kappa shape index (κ1) is 21.5. The Hall–Kier alpha value is -3.30. The molecule has 4 heterocycles. The van der Waals surface area contributed by atoms with Gasteiger partial charge in [-0.05, 0) is 24.3 Å². The first-order valence-corrected chi connectivity index (χ1v) is 12.0. The number of nitrogens with one attached hydrogen (secondary N) is 1. The summed E-state index contributed by atoms with van der Waals surface area (Å²) < 4.78 is 0. The number of para-hydroxylation sites is 1. The van der Waals surface area contributed by atoms with Gasteiger partial charge >= 0.3 is 0 Å². The summed E-state index contributed by atoms with van der Waals surface area (Å²) in [5.41, 5.74) is 2.59. The van der Waals surface area contributed by atoms with E-state index in [-0.39, 0.29) is 11.8 Å². The van der Waals surface area contributed by atoms with Crippen molar-refractivity contribution in [1.29, 1.82) is 0 Å². The van der Waals surface area contributed by atoms with Crippen LogP contribution in [0.4, 0.5) is 10.8 Å². The molecule has 2 aliphatic rings. The molecule has 0 atom stereocenters. The van der Waals surface area contributed by atoms with Gasteiger partial charge in [0.1, 0.15) is 5.69 Å². The average molecular weight is 463 g/mol. The molecule has 0 unspecified atom stereocenters. The van der Waals surface area contributed by atoms with Crippen LogP contribution in [-0.2, 0) is 17.8 Å². The number of amides is 2. The molecule has 170 valence electrons. The van der Waals surface area contributed by atoms with Crippen LogP contribution in [0.25, 0.3) is 0 Å². The van der Waals surface area contributed by atoms with E-state index in [9.17, 15) is 9.59 Å². The highest BCUT2D eigenvalue weighted by Crippen LogP contribution is 2.28. The molecule has 1 N–H and O–H groups in total. The summed E-state index contributed by atoms with van der Waals surface area (Å²) in [5, 5.41) is 3.43. The van der Waals surface area contributed by atoms with Gasteiger partial charge in [0.05, 0.1) is 12.2 Å². The van der Waals surface area contributed by atoms with Crippen LogP contribution >= 0.6 is 11.3 Å². The van der Waals surface area contributed by atoms with Gasteiger partial charge < -0.3 is 9.80 Å². The van der Waals surface area contributed by atoms with Crippen molar-refractivity contribution in [2.75, 3.05) is 49.5 Å². The van der Waals surface area contributed by atoms with Crippen LogP contribution < -0.4 is 10.2 Å². The van der Waals surface area contributed by atoms with E-state index in [0.717, 1.165) is 49.7 Å². The molecule has 0 radical (unpaired) electrons. The van der Waals surface area contributed by atoms with Crippen LogP contribution in [0.1, 0.15) is 21.1 Å². The summed E-state index contributed by atoms with van der Waals surface area (Å²) >= 11 is 1.48. The first-order chi connectivity index (χ1) is 16.2. The van der Waals surface area contributed by atoms with Crippen LogP contribution in [0, 0.1) is 0 Å². The molecule has 1 aromatic carbocycles. The van der Waals surface area contributed by atoms with Gasteiger partial charge in [-0.3, -0.25) is 24.8 Å². The van der Waals surface area contributed by atoms with Gasteiger partial charge in [0, 0.05) is 62.5 Å². The van der Waals surface area contributed by atoms with Crippen LogP contribution in [0.3, 0.4) is 0 Å². The molecule has 33 heavy (non-hydrogen) atoms. The van der Waals surface area contributed by atoms with E-state index < -0.39 is 0 Å². The van der Waals surface area contributed by atoms with Crippen molar-refractivity contribution in [1.82, 2.24) is 19.8 Å². The molecule has 0 saturated carbocycles. The number of piperazine rings is 1. The number of anilines is 2. The Morgan fingerprint density at radius 2 is 1.76 bits per heavy atom. The van der Waals surface area contributed by atoms with Gasteiger partial charge in [-0.15, -0.1) is 11.3 Å². The third kappa shape index (κ3) is 5.04. The zero-order valence-corrected chi connectivity index (χ0v) is 19.1. The second kappa shape index (κ2) is 9.68. The van der Waals surface area contributed by atoms with E-state index in [0.29, 0.717) is 23.9 Å². The Labute approximate surface area is 196 Å². The lowest BCUT2D eigenvalue weighted by Crippen LogP contribution is -2.51. The van der Waals surface area contributed by atoms with Gasteiger partial charge in [0.25, 0.3) is 5.91 Å². The predicted molar refractivity (Wildman–Crippen MR) is 129 cm³/mol. The maximum atomic E-state index is 12.9. The molecular weight excluding hydrogens is 436 g/mol. The monoisotopic (exact) mass is 462 g/mol. The number of thiazole rings is 1. The van der Waals surface area contributed by atoms with E-state index >= 15 is 0 Å². The van der Waals surface area contributed by atoms with Gasteiger partial charge in [-0.25, -0.2) is 4.98 Å². The van der Waals surface area contributed by atoms with Crippen LogP contribution in [0.2, 0.25) is 0 Å². The SMILES string of the molecule is O=C(Nc1nc2c(s1)CN(CC(=O)N1CCN(c3ccccc3)CC1)CC2)c1ccccn1. The molecule has 2 amide bonds. The molecule has 1 fully saturated rings. The summed E-state index contributed by atoms with van der Waals surface area (Å²) in [4.78, 5) is 41.5. The molecule has 5 rings (SSSR count). The lowest BCUT2D eigenvalue weighted by molar-refractivity contribution is -0.132. The molecule has 2 aromatic heterocycles. The Bertz CT molecular complexity index is 1110. The maximum Gasteiger partial charge on any atom is 0.276 e. The minimum absolute atomic E-state index is 0.180. The molecule has 9 heteroatoms. The minimum atomic E-state index is -0.261. The molecular formula is C24H26N6O2S. The number of hydrogen-bond donors (Lipinski definition) is 1. The van der Waals surface area contributed by atoms with Crippen molar-refractivity contribution in [3.05, 3.63) is 71.0 Å². The topological polar surface area (TPSA) is 81.7 Å². The van der Waals surface area contributed by atoms with Gasteiger partial charge in [-0.1, -0.05) is 24.3 Å². The van der Waals surface area contributed by atoms with E-state index in [4.69, 9.17) is 0 Å². The fraction of sp³-hybridized carbons (Fsp3) is 0.333. The van der Waals surface area contributed by atoms with E-state index in [1.807, 2.05) is 23.1 Å². The number of pyridine rings is 1. The standard InChI is InChI=1S/C24H26N6O2S/c31-22(30-14-12-29(13-15-30)18-6-2-1-3-7-18)17-28-11-9-19-21(16-28)33-24(26-19)27-23(32)20-8-4-5-10-25-20/h1-8,10H,9,11-17H2,(H,26,27,32). The van der Waals surface area contributed by atoms with Gasteiger partial charge in [0.2, 0.25) is 5.91 Å². The number of rotatable bonds is 5. The van der Waals surface area contributed by atoms with Crippen LogP contribution in [0.5, 0.6) is 0 Å². The Kier molecular flexibility index (Phi) is 6.32. The number of hydrogen-bond acceptors (Lipinski definition) is 7. The summed E-state index contributed by atoms with van der Waals surface area (Å²) in [6, 6.07) is 15.6. The van der Waals surface area contributed by atoms with Crippen molar-refractivity contribution >= 4 is 34.0 Å². The number of carbonyl (C=O) groups excluding carboxylic acids is 2. The Morgan fingerprint density at radius 3 is 2.52 bits per heavy atom. The Morgan fingerprint density at radius 1 is 0.970 bits per heavy atom. The van der Waals surface area contributed by atoms with E-state index in [1.165, 1.54) is 17.0 Å². The largest absolute Gasteiger partial charge is 0.368 e. The van der Waals surface area contributed by atoms with Crippen molar-refractivity contribution in [3.63, 3.8) is 0 Å². The third-order valence-corrected chi connectivity index (χ3v) is 7.04. The predicted octanol–water partition coefficient (Wildman–Crippen LogP) is 2.50. The summed E-state index contributed by atoms with van der Waals surface area (Å²) in [6.07, 6.45) is 2.37. The van der Waals surface area contributed by atoms with Crippen molar-refractivity contribution < 1.29 is 9.59 Å². The molecule has 1 saturated heterocycles. The van der Waals surface area contributed by atoms with Crippen molar-refractivity contribution in [3.8, 4) is 0 Å². The second-order valence-corrected chi connectivity index (χ2v) is 9.31. The lowest BCUT2D eigenvalue weighted by Gasteiger charge is -2.37. The smallest absolute Gasteiger partial charge is 0.276 e. The highest BCUT2D eigenvalue weighted by atomic mass is 32.1.